The van der Waals surface area contributed by atoms with Crippen LogP contribution in [0, 0.1) is 12.3 Å². The van der Waals surface area contributed by atoms with Gasteiger partial charge in [0.1, 0.15) is 5.75 Å². The molecular formula is C12H15NO. The van der Waals surface area contributed by atoms with Crippen molar-refractivity contribution in [2.75, 3.05) is 7.11 Å². The van der Waals surface area contributed by atoms with E-state index in [1.165, 1.54) is 5.56 Å². The van der Waals surface area contributed by atoms with Gasteiger partial charge in [-0.15, -0.1) is 6.42 Å². The Hall–Kier alpha value is -1.46. The molecule has 0 saturated heterocycles. The average molecular weight is 189 g/mol. The second-order valence-corrected chi connectivity index (χ2v) is 3.12. The Kier molecular flexibility index (Phi) is 4.03. The van der Waals surface area contributed by atoms with E-state index in [1.54, 1.807) is 7.11 Å². The molecule has 2 heteroatoms. The molecule has 0 amide bonds. The number of rotatable bonds is 4. The molecule has 1 atom stereocenters. The van der Waals surface area contributed by atoms with Crippen LogP contribution >= 0.6 is 0 Å². The minimum absolute atomic E-state index is 0.0983. The molecule has 0 aliphatic heterocycles. The summed E-state index contributed by atoms with van der Waals surface area (Å²) in [6.45, 7) is 2.72. The number of hydrogen-bond donors (Lipinski definition) is 1. The summed E-state index contributed by atoms with van der Waals surface area (Å²) in [5.74, 6) is 3.49. The van der Waals surface area contributed by atoms with Crippen molar-refractivity contribution in [2.24, 2.45) is 0 Å². The fourth-order valence-corrected chi connectivity index (χ4v) is 1.11. The Bertz CT molecular complexity index is 327. The van der Waals surface area contributed by atoms with E-state index >= 15 is 0 Å². The van der Waals surface area contributed by atoms with Crippen LogP contribution in [0.15, 0.2) is 24.3 Å². The number of hydrogen-bond acceptors (Lipinski definition) is 2. The highest BCUT2D eigenvalue weighted by Gasteiger charge is 1.98. The second kappa shape index (κ2) is 5.31. The lowest BCUT2D eigenvalue weighted by atomic mass is 10.2. The summed E-state index contributed by atoms with van der Waals surface area (Å²) < 4.78 is 5.12. The number of ether oxygens (including phenoxy) is 1. The fourth-order valence-electron chi connectivity index (χ4n) is 1.11. The van der Waals surface area contributed by atoms with Gasteiger partial charge in [-0.2, -0.15) is 0 Å². The van der Waals surface area contributed by atoms with Crippen LogP contribution in [-0.2, 0) is 6.54 Å². The number of terminal acetylenes is 1. The van der Waals surface area contributed by atoms with Crippen LogP contribution in [-0.4, -0.2) is 13.2 Å². The van der Waals surface area contributed by atoms with E-state index in [-0.39, 0.29) is 6.04 Å². The molecule has 0 radical (unpaired) electrons. The van der Waals surface area contributed by atoms with Gasteiger partial charge in [0.15, 0.2) is 0 Å². The van der Waals surface area contributed by atoms with Crippen molar-refractivity contribution in [2.45, 2.75) is 19.5 Å². The summed E-state index contributed by atoms with van der Waals surface area (Å²) in [7, 11) is 1.66. The molecule has 0 aliphatic rings. The van der Waals surface area contributed by atoms with Gasteiger partial charge in [-0.05, 0) is 24.6 Å². The summed E-state index contributed by atoms with van der Waals surface area (Å²) in [4.78, 5) is 0. The first-order valence-electron chi connectivity index (χ1n) is 4.58. The van der Waals surface area contributed by atoms with Crippen molar-refractivity contribution < 1.29 is 4.74 Å². The third kappa shape index (κ3) is 3.12. The van der Waals surface area contributed by atoms with Crippen LogP contribution in [0.5, 0.6) is 5.75 Å². The Morgan fingerprint density at radius 2 is 2.36 bits per heavy atom. The molecule has 1 N–H and O–H groups in total. The molecule has 1 aromatic carbocycles. The van der Waals surface area contributed by atoms with E-state index in [0.29, 0.717) is 0 Å². The zero-order valence-electron chi connectivity index (χ0n) is 8.58. The first kappa shape index (κ1) is 10.6. The summed E-state index contributed by atoms with van der Waals surface area (Å²) >= 11 is 0. The molecule has 1 aromatic rings. The van der Waals surface area contributed by atoms with Crippen molar-refractivity contribution in [3.8, 4) is 18.1 Å². The Labute approximate surface area is 85.3 Å². The lowest BCUT2D eigenvalue weighted by Crippen LogP contribution is -2.23. The SMILES string of the molecule is C#CC(C)NCc1cccc(OC)c1. The summed E-state index contributed by atoms with van der Waals surface area (Å²) in [6.07, 6.45) is 5.26. The normalized spacial score (nSPS) is 11.8. The molecule has 1 unspecified atom stereocenters. The third-order valence-corrected chi connectivity index (χ3v) is 2.00. The minimum Gasteiger partial charge on any atom is -0.497 e. The number of nitrogens with one attached hydrogen (secondary N) is 1. The van der Waals surface area contributed by atoms with Gasteiger partial charge >= 0.3 is 0 Å². The van der Waals surface area contributed by atoms with E-state index in [4.69, 9.17) is 11.2 Å². The third-order valence-electron chi connectivity index (χ3n) is 2.00. The van der Waals surface area contributed by atoms with Crippen molar-refractivity contribution >= 4 is 0 Å². The summed E-state index contributed by atoms with van der Waals surface area (Å²) in [6, 6.07) is 8.03. The second-order valence-electron chi connectivity index (χ2n) is 3.12. The Morgan fingerprint density at radius 1 is 1.57 bits per heavy atom. The predicted octanol–water partition coefficient (Wildman–Crippen LogP) is 1.81. The monoisotopic (exact) mass is 189 g/mol. The topological polar surface area (TPSA) is 21.3 Å². The zero-order valence-corrected chi connectivity index (χ0v) is 8.58. The molecular weight excluding hydrogens is 174 g/mol. The maximum atomic E-state index is 5.26. The van der Waals surface area contributed by atoms with Crippen molar-refractivity contribution in [3.63, 3.8) is 0 Å². The molecule has 0 saturated carbocycles. The van der Waals surface area contributed by atoms with Crippen molar-refractivity contribution in [1.82, 2.24) is 5.32 Å². The van der Waals surface area contributed by atoms with E-state index in [9.17, 15) is 0 Å². The highest BCUT2D eigenvalue weighted by molar-refractivity contribution is 5.28. The maximum Gasteiger partial charge on any atom is 0.119 e. The number of methoxy groups -OCH3 is 1. The maximum absolute atomic E-state index is 5.26. The fraction of sp³-hybridized carbons (Fsp3) is 0.333. The first-order valence-corrected chi connectivity index (χ1v) is 4.58. The Balaban J connectivity index is 2.55. The van der Waals surface area contributed by atoms with Gasteiger partial charge in [0.2, 0.25) is 0 Å². The van der Waals surface area contributed by atoms with Crippen LogP contribution in [0.4, 0.5) is 0 Å². The molecule has 0 spiro atoms. The zero-order chi connectivity index (χ0) is 10.4. The summed E-state index contributed by atoms with van der Waals surface area (Å²) in [5, 5.41) is 3.21. The Morgan fingerprint density at radius 3 is 3.00 bits per heavy atom. The molecule has 0 aliphatic carbocycles. The molecule has 2 nitrogen and oxygen atoms in total. The first-order chi connectivity index (χ1) is 6.76. The van der Waals surface area contributed by atoms with E-state index in [0.717, 1.165) is 12.3 Å². The van der Waals surface area contributed by atoms with Crippen LogP contribution < -0.4 is 10.1 Å². The van der Waals surface area contributed by atoms with Crippen molar-refractivity contribution in [1.29, 1.82) is 0 Å². The highest BCUT2D eigenvalue weighted by Crippen LogP contribution is 2.12. The van der Waals surface area contributed by atoms with Gasteiger partial charge in [-0.3, -0.25) is 5.32 Å². The highest BCUT2D eigenvalue weighted by atomic mass is 16.5. The molecule has 0 bridgehead atoms. The van der Waals surface area contributed by atoms with Crippen LogP contribution in [0.3, 0.4) is 0 Å². The van der Waals surface area contributed by atoms with Gasteiger partial charge in [0.25, 0.3) is 0 Å². The molecule has 1 rings (SSSR count). The molecule has 0 heterocycles. The molecule has 0 fully saturated rings. The van der Waals surface area contributed by atoms with Crippen LogP contribution in [0.25, 0.3) is 0 Å². The number of benzene rings is 1. The molecule has 14 heavy (non-hydrogen) atoms. The smallest absolute Gasteiger partial charge is 0.119 e. The van der Waals surface area contributed by atoms with E-state index < -0.39 is 0 Å². The quantitative estimate of drug-likeness (QED) is 0.729. The molecule has 74 valence electrons. The van der Waals surface area contributed by atoms with Gasteiger partial charge in [0, 0.05) is 6.54 Å². The van der Waals surface area contributed by atoms with Crippen molar-refractivity contribution in [3.05, 3.63) is 29.8 Å². The van der Waals surface area contributed by atoms with Crippen LogP contribution in [0.2, 0.25) is 0 Å². The van der Waals surface area contributed by atoms with E-state index in [1.807, 2.05) is 31.2 Å². The average Bonchev–Trinajstić information content (AvgIpc) is 2.26. The lowest BCUT2D eigenvalue weighted by molar-refractivity contribution is 0.414. The van der Waals surface area contributed by atoms with Crippen LogP contribution in [0.1, 0.15) is 12.5 Å². The predicted molar refractivity (Wildman–Crippen MR) is 58.1 cm³/mol. The van der Waals surface area contributed by atoms with Gasteiger partial charge < -0.3 is 4.74 Å². The lowest BCUT2D eigenvalue weighted by Gasteiger charge is -2.08. The standard InChI is InChI=1S/C12H15NO/c1-4-10(2)13-9-11-6-5-7-12(8-11)14-3/h1,5-8,10,13H,9H2,2-3H3. The summed E-state index contributed by atoms with van der Waals surface area (Å²) in [5.41, 5.74) is 1.17. The van der Waals surface area contributed by atoms with Gasteiger partial charge in [0.05, 0.1) is 13.2 Å². The van der Waals surface area contributed by atoms with Gasteiger partial charge in [-0.25, -0.2) is 0 Å². The van der Waals surface area contributed by atoms with E-state index in [2.05, 4.69) is 11.2 Å². The van der Waals surface area contributed by atoms with Gasteiger partial charge in [-0.1, -0.05) is 18.1 Å². The largest absolute Gasteiger partial charge is 0.497 e. The molecule has 0 aromatic heterocycles. The minimum atomic E-state index is 0.0983.